The molecule has 0 radical (unpaired) electrons. The number of nitrogens with two attached hydrogens (primary N) is 1. The maximum Gasteiger partial charge on any atom is 0.239 e. The molecule has 0 unspecified atom stereocenters. The largest absolute Gasteiger partial charge is 0.294 e. The summed E-state index contributed by atoms with van der Waals surface area (Å²) in [5.74, 6) is 4.51. The summed E-state index contributed by atoms with van der Waals surface area (Å²) in [7, 11) is -3.33. The number of hydrazine groups is 1. The lowest BCUT2D eigenvalue weighted by Crippen LogP contribution is -2.31. The molecule has 0 bridgehead atoms. The van der Waals surface area contributed by atoms with Crippen LogP contribution in [-0.4, -0.2) is 25.6 Å². The van der Waals surface area contributed by atoms with E-state index in [-0.39, 0.29) is 17.5 Å². The summed E-state index contributed by atoms with van der Waals surface area (Å²) in [5, 5.41) is 1.82. The van der Waals surface area contributed by atoms with Gasteiger partial charge in [-0.05, 0) is 0 Å². The SMILES string of the molecule is CS(=O)(=O)Nc1nc(CC(=O)NN)cs1. The van der Waals surface area contributed by atoms with E-state index in [1.165, 1.54) is 0 Å². The Morgan fingerprint density at radius 1 is 1.67 bits per heavy atom. The van der Waals surface area contributed by atoms with Crippen LogP contribution in [0, 0.1) is 0 Å². The van der Waals surface area contributed by atoms with E-state index < -0.39 is 10.0 Å². The molecule has 1 amide bonds. The molecule has 7 nitrogen and oxygen atoms in total. The van der Waals surface area contributed by atoms with Crippen LogP contribution in [-0.2, 0) is 21.2 Å². The van der Waals surface area contributed by atoms with E-state index in [0.717, 1.165) is 17.6 Å². The summed E-state index contributed by atoms with van der Waals surface area (Å²) >= 11 is 1.11. The van der Waals surface area contributed by atoms with Crippen molar-refractivity contribution >= 4 is 32.4 Å². The molecular weight excluding hydrogens is 240 g/mol. The highest BCUT2D eigenvalue weighted by Gasteiger charge is 2.09. The molecule has 1 heterocycles. The molecule has 15 heavy (non-hydrogen) atoms. The normalized spacial score (nSPS) is 11.1. The second kappa shape index (κ2) is 4.55. The number of amides is 1. The molecule has 0 saturated heterocycles. The Hall–Kier alpha value is -1.19. The number of nitrogens with one attached hydrogen (secondary N) is 2. The molecule has 1 rings (SSSR count). The minimum Gasteiger partial charge on any atom is -0.294 e. The van der Waals surface area contributed by atoms with E-state index in [4.69, 9.17) is 5.84 Å². The topological polar surface area (TPSA) is 114 Å². The number of sulfonamides is 1. The number of anilines is 1. The maximum atomic E-state index is 10.9. The highest BCUT2D eigenvalue weighted by atomic mass is 32.2. The zero-order chi connectivity index (χ0) is 11.5. The van der Waals surface area contributed by atoms with Crippen LogP contribution in [0.1, 0.15) is 5.69 Å². The van der Waals surface area contributed by atoms with Crippen LogP contribution >= 0.6 is 11.3 Å². The molecular formula is C6H10N4O3S2. The minimum atomic E-state index is -3.33. The van der Waals surface area contributed by atoms with Crippen LogP contribution in [0.3, 0.4) is 0 Å². The molecule has 0 saturated carbocycles. The quantitative estimate of drug-likeness (QED) is 0.362. The van der Waals surface area contributed by atoms with Crippen molar-refractivity contribution in [3.8, 4) is 0 Å². The standard InChI is InChI=1S/C6H10N4O3S2/c1-15(12,13)10-6-8-4(3-14-6)2-5(11)9-7/h3H,2,7H2,1H3,(H,8,10)(H,9,11). The Kier molecular flexibility index (Phi) is 3.61. The zero-order valence-corrected chi connectivity index (χ0v) is 9.48. The number of hydrogen-bond donors (Lipinski definition) is 3. The third-order valence-electron chi connectivity index (χ3n) is 1.33. The Bertz CT molecular complexity index is 453. The van der Waals surface area contributed by atoms with Crippen molar-refractivity contribution in [2.75, 3.05) is 11.0 Å². The molecule has 1 aromatic heterocycles. The molecule has 0 aliphatic carbocycles. The van der Waals surface area contributed by atoms with E-state index in [1.807, 2.05) is 5.43 Å². The lowest BCUT2D eigenvalue weighted by atomic mass is 10.3. The fourth-order valence-electron chi connectivity index (χ4n) is 0.809. The van der Waals surface area contributed by atoms with Crippen molar-refractivity contribution in [3.63, 3.8) is 0 Å². The highest BCUT2D eigenvalue weighted by molar-refractivity contribution is 7.92. The fourth-order valence-corrected chi connectivity index (χ4v) is 2.37. The van der Waals surface area contributed by atoms with Crippen molar-refractivity contribution in [3.05, 3.63) is 11.1 Å². The smallest absolute Gasteiger partial charge is 0.239 e. The lowest BCUT2D eigenvalue weighted by Gasteiger charge is -1.97. The summed E-state index contributed by atoms with van der Waals surface area (Å²) < 4.78 is 23.9. The number of carbonyl (C=O) groups excluding carboxylic acids is 1. The first kappa shape index (κ1) is 11.9. The van der Waals surface area contributed by atoms with Gasteiger partial charge in [-0.15, -0.1) is 11.3 Å². The zero-order valence-electron chi connectivity index (χ0n) is 7.85. The molecule has 4 N–H and O–H groups in total. The highest BCUT2D eigenvalue weighted by Crippen LogP contribution is 2.16. The Morgan fingerprint density at radius 3 is 2.87 bits per heavy atom. The van der Waals surface area contributed by atoms with Crippen molar-refractivity contribution in [2.24, 2.45) is 5.84 Å². The van der Waals surface area contributed by atoms with Gasteiger partial charge in [-0.25, -0.2) is 19.2 Å². The van der Waals surface area contributed by atoms with Gasteiger partial charge < -0.3 is 0 Å². The van der Waals surface area contributed by atoms with Crippen LogP contribution in [0.2, 0.25) is 0 Å². The lowest BCUT2D eigenvalue weighted by molar-refractivity contribution is -0.120. The van der Waals surface area contributed by atoms with Gasteiger partial charge in [-0.1, -0.05) is 0 Å². The average Bonchev–Trinajstić information content (AvgIpc) is 2.49. The van der Waals surface area contributed by atoms with Gasteiger partial charge in [0, 0.05) is 5.38 Å². The second-order valence-corrected chi connectivity index (χ2v) is 5.37. The Labute approximate surface area is 90.7 Å². The van der Waals surface area contributed by atoms with E-state index in [9.17, 15) is 13.2 Å². The van der Waals surface area contributed by atoms with Crippen LogP contribution in [0.15, 0.2) is 5.38 Å². The summed E-state index contributed by atoms with van der Waals surface area (Å²) in [6, 6.07) is 0. The van der Waals surface area contributed by atoms with Crippen LogP contribution in [0.25, 0.3) is 0 Å². The maximum absolute atomic E-state index is 10.9. The van der Waals surface area contributed by atoms with Crippen molar-refractivity contribution < 1.29 is 13.2 Å². The van der Waals surface area contributed by atoms with Crippen LogP contribution in [0.5, 0.6) is 0 Å². The van der Waals surface area contributed by atoms with Gasteiger partial charge in [-0.2, -0.15) is 0 Å². The first-order valence-electron chi connectivity index (χ1n) is 3.82. The van der Waals surface area contributed by atoms with Gasteiger partial charge in [0.05, 0.1) is 18.4 Å². The molecule has 9 heteroatoms. The van der Waals surface area contributed by atoms with Gasteiger partial charge in [0.15, 0.2) is 5.13 Å². The molecule has 0 fully saturated rings. The van der Waals surface area contributed by atoms with Crippen molar-refractivity contribution in [1.82, 2.24) is 10.4 Å². The molecule has 0 atom stereocenters. The van der Waals surface area contributed by atoms with Crippen molar-refractivity contribution in [2.45, 2.75) is 6.42 Å². The molecule has 84 valence electrons. The molecule has 1 aromatic rings. The van der Waals surface area contributed by atoms with Gasteiger partial charge in [-0.3, -0.25) is 14.9 Å². The number of carbonyl (C=O) groups is 1. The first-order chi connectivity index (χ1) is 6.90. The van der Waals surface area contributed by atoms with E-state index in [0.29, 0.717) is 5.69 Å². The number of hydrogen-bond acceptors (Lipinski definition) is 6. The summed E-state index contributed by atoms with van der Waals surface area (Å²) in [6.07, 6.45) is 1.05. The average molecular weight is 250 g/mol. The van der Waals surface area contributed by atoms with E-state index in [2.05, 4.69) is 9.71 Å². The predicted octanol–water partition coefficient (Wildman–Crippen LogP) is -0.953. The number of rotatable bonds is 4. The van der Waals surface area contributed by atoms with E-state index >= 15 is 0 Å². The van der Waals surface area contributed by atoms with Crippen molar-refractivity contribution in [1.29, 1.82) is 0 Å². The predicted molar refractivity (Wildman–Crippen MR) is 56.6 cm³/mol. The molecule has 0 spiro atoms. The number of thiazole rings is 1. The summed E-state index contributed by atoms with van der Waals surface area (Å²) in [4.78, 5) is 14.8. The minimum absolute atomic E-state index is 0.0262. The Morgan fingerprint density at radius 2 is 2.33 bits per heavy atom. The monoisotopic (exact) mass is 250 g/mol. The van der Waals surface area contributed by atoms with Gasteiger partial charge >= 0.3 is 0 Å². The van der Waals surface area contributed by atoms with Crippen LogP contribution in [0.4, 0.5) is 5.13 Å². The summed E-state index contributed by atoms with van der Waals surface area (Å²) in [5.41, 5.74) is 2.42. The fraction of sp³-hybridized carbons (Fsp3) is 0.333. The number of aromatic nitrogens is 1. The molecule has 0 aromatic carbocycles. The van der Waals surface area contributed by atoms with Crippen LogP contribution < -0.4 is 16.0 Å². The second-order valence-electron chi connectivity index (χ2n) is 2.76. The third kappa shape index (κ3) is 4.23. The van der Waals surface area contributed by atoms with Gasteiger partial charge in [0.1, 0.15) is 0 Å². The van der Waals surface area contributed by atoms with E-state index in [1.54, 1.807) is 5.38 Å². The molecule has 0 aliphatic heterocycles. The first-order valence-corrected chi connectivity index (χ1v) is 6.59. The van der Waals surface area contributed by atoms with Gasteiger partial charge in [0.25, 0.3) is 0 Å². The van der Waals surface area contributed by atoms with Gasteiger partial charge in [0.2, 0.25) is 15.9 Å². The number of nitrogens with zero attached hydrogens (tertiary/aromatic N) is 1. The Balaban J connectivity index is 2.69. The summed E-state index contributed by atoms with van der Waals surface area (Å²) in [6.45, 7) is 0. The third-order valence-corrected chi connectivity index (χ3v) is 2.83. The molecule has 0 aliphatic rings.